The Kier molecular flexibility index (Phi) is 4.62. The Balaban J connectivity index is 1.73. The summed E-state index contributed by atoms with van der Waals surface area (Å²) in [5.74, 6) is 0.152. The quantitative estimate of drug-likeness (QED) is 0.471. The van der Waals surface area contributed by atoms with E-state index in [4.69, 9.17) is 9.47 Å². The minimum Gasteiger partial charge on any atom is -0.489 e. The summed E-state index contributed by atoms with van der Waals surface area (Å²) in [6.07, 6.45) is 2.34. The van der Waals surface area contributed by atoms with Gasteiger partial charge in [0.05, 0.1) is 18.9 Å². The zero-order chi connectivity index (χ0) is 19.8. The Hall–Kier alpha value is -3.17. The standard InChI is InChI=1S/C19H19FN4O4/c1-10(26)8-27-16-6-24-18(11(16)2)19(21-9-22-24)28-15-4-3-14-13(17(15)20)5-12(7-25)23-14/h3-6,9-10,23,25-26H,7-8H2,1-2H3/t10-/m1/s1. The molecular weight excluding hydrogens is 367 g/mol. The molecule has 0 radical (unpaired) electrons. The highest BCUT2D eigenvalue weighted by molar-refractivity contribution is 5.83. The summed E-state index contributed by atoms with van der Waals surface area (Å²) in [6.45, 7) is 3.35. The lowest BCUT2D eigenvalue weighted by Crippen LogP contribution is -2.12. The van der Waals surface area contributed by atoms with Crippen LogP contribution in [0.25, 0.3) is 16.4 Å². The third-order valence-electron chi connectivity index (χ3n) is 4.36. The van der Waals surface area contributed by atoms with E-state index in [2.05, 4.69) is 15.1 Å². The Labute approximate surface area is 159 Å². The number of H-pyrrole nitrogens is 1. The second-order valence-electron chi connectivity index (χ2n) is 6.53. The van der Waals surface area contributed by atoms with Crippen molar-refractivity contribution in [3.8, 4) is 17.4 Å². The number of aliphatic hydroxyl groups excluding tert-OH is 2. The molecule has 0 aliphatic carbocycles. The van der Waals surface area contributed by atoms with Gasteiger partial charge < -0.3 is 24.7 Å². The number of halogens is 1. The molecule has 8 nitrogen and oxygen atoms in total. The summed E-state index contributed by atoms with van der Waals surface area (Å²) in [5.41, 5.74) is 2.32. The van der Waals surface area contributed by atoms with Crippen LogP contribution in [0.2, 0.25) is 0 Å². The monoisotopic (exact) mass is 386 g/mol. The second kappa shape index (κ2) is 7.10. The lowest BCUT2D eigenvalue weighted by atomic mass is 10.2. The van der Waals surface area contributed by atoms with Crippen molar-refractivity contribution in [1.82, 2.24) is 19.6 Å². The fourth-order valence-electron chi connectivity index (χ4n) is 3.01. The van der Waals surface area contributed by atoms with E-state index in [-0.39, 0.29) is 24.8 Å². The summed E-state index contributed by atoms with van der Waals surface area (Å²) in [4.78, 5) is 7.07. The number of hydrogen-bond donors (Lipinski definition) is 3. The molecule has 3 aromatic heterocycles. The van der Waals surface area contributed by atoms with E-state index in [0.29, 0.717) is 33.4 Å². The maximum atomic E-state index is 14.9. The Morgan fingerprint density at radius 1 is 1.32 bits per heavy atom. The SMILES string of the molecule is Cc1c(OC[C@@H](C)O)cn2ncnc(Oc3ccc4[nH]c(CO)cc4c3F)c12. The molecule has 0 spiro atoms. The van der Waals surface area contributed by atoms with Gasteiger partial charge in [-0.25, -0.2) is 8.91 Å². The minimum atomic E-state index is -0.616. The Morgan fingerprint density at radius 3 is 2.89 bits per heavy atom. The Bertz CT molecular complexity index is 1150. The van der Waals surface area contributed by atoms with E-state index in [1.807, 2.05) is 6.92 Å². The molecule has 1 atom stereocenters. The van der Waals surface area contributed by atoms with Gasteiger partial charge in [0.15, 0.2) is 11.6 Å². The molecule has 3 N–H and O–H groups in total. The van der Waals surface area contributed by atoms with Crippen LogP contribution in [0.5, 0.6) is 17.4 Å². The van der Waals surface area contributed by atoms with E-state index in [1.165, 1.54) is 23.0 Å². The van der Waals surface area contributed by atoms with E-state index in [0.717, 1.165) is 0 Å². The molecule has 0 aliphatic rings. The van der Waals surface area contributed by atoms with Crippen molar-refractivity contribution in [2.75, 3.05) is 6.61 Å². The number of nitrogens with zero attached hydrogens (tertiary/aromatic N) is 3. The highest BCUT2D eigenvalue weighted by Gasteiger charge is 2.18. The first-order chi connectivity index (χ1) is 13.5. The number of aromatic nitrogens is 4. The predicted molar refractivity (Wildman–Crippen MR) is 99.2 cm³/mol. The highest BCUT2D eigenvalue weighted by atomic mass is 19.1. The molecule has 0 unspecified atom stereocenters. The average molecular weight is 386 g/mol. The van der Waals surface area contributed by atoms with Crippen LogP contribution in [-0.2, 0) is 6.61 Å². The molecule has 0 aliphatic heterocycles. The topological polar surface area (TPSA) is 105 Å². The van der Waals surface area contributed by atoms with Crippen LogP contribution in [0.4, 0.5) is 4.39 Å². The van der Waals surface area contributed by atoms with Gasteiger partial charge in [0.2, 0.25) is 5.88 Å². The van der Waals surface area contributed by atoms with Crippen LogP contribution in [0.1, 0.15) is 18.2 Å². The molecule has 1 aromatic carbocycles. The number of rotatable bonds is 6. The highest BCUT2D eigenvalue weighted by Crippen LogP contribution is 2.34. The molecule has 0 amide bonds. The van der Waals surface area contributed by atoms with Crippen molar-refractivity contribution in [3.05, 3.63) is 47.8 Å². The van der Waals surface area contributed by atoms with Crippen LogP contribution in [-0.4, -0.2) is 42.5 Å². The third kappa shape index (κ3) is 3.14. The summed E-state index contributed by atoms with van der Waals surface area (Å²) < 4.78 is 27.8. The fourth-order valence-corrected chi connectivity index (χ4v) is 3.01. The number of nitrogens with one attached hydrogen (secondary N) is 1. The first-order valence-corrected chi connectivity index (χ1v) is 8.70. The molecular formula is C19H19FN4O4. The van der Waals surface area contributed by atoms with Crippen LogP contribution in [0, 0.1) is 12.7 Å². The smallest absolute Gasteiger partial charge is 0.247 e. The number of fused-ring (bicyclic) bond motifs is 2. The first kappa shape index (κ1) is 18.2. The second-order valence-corrected chi connectivity index (χ2v) is 6.53. The van der Waals surface area contributed by atoms with Gasteiger partial charge in [-0.15, -0.1) is 0 Å². The van der Waals surface area contributed by atoms with Crippen LogP contribution < -0.4 is 9.47 Å². The molecule has 9 heteroatoms. The van der Waals surface area contributed by atoms with Crippen molar-refractivity contribution in [2.45, 2.75) is 26.6 Å². The maximum Gasteiger partial charge on any atom is 0.247 e. The number of aryl methyl sites for hydroxylation is 1. The molecule has 146 valence electrons. The number of aromatic amines is 1. The molecule has 0 saturated heterocycles. The van der Waals surface area contributed by atoms with Crippen LogP contribution in [0.15, 0.2) is 30.7 Å². The molecule has 4 aromatic rings. The molecule has 3 heterocycles. The minimum absolute atomic E-state index is 0.00337. The largest absolute Gasteiger partial charge is 0.489 e. The van der Waals surface area contributed by atoms with Crippen molar-refractivity contribution in [3.63, 3.8) is 0 Å². The van der Waals surface area contributed by atoms with Crippen molar-refractivity contribution >= 4 is 16.4 Å². The third-order valence-corrected chi connectivity index (χ3v) is 4.36. The maximum absolute atomic E-state index is 14.9. The van der Waals surface area contributed by atoms with Crippen LogP contribution >= 0.6 is 0 Å². The summed E-state index contributed by atoms with van der Waals surface area (Å²) >= 11 is 0. The lowest BCUT2D eigenvalue weighted by molar-refractivity contribution is 0.122. The van der Waals surface area contributed by atoms with E-state index in [1.54, 1.807) is 19.2 Å². The number of ether oxygens (including phenoxy) is 2. The van der Waals surface area contributed by atoms with Gasteiger partial charge in [0.1, 0.15) is 24.2 Å². The van der Waals surface area contributed by atoms with Crippen molar-refractivity contribution in [2.24, 2.45) is 0 Å². The average Bonchev–Trinajstić information content (AvgIpc) is 3.24. The zero-order valence-electron chi connectivity index (χ0n) is 15.3. The lowest BCUT2D eigenvalue weighted by Gasteiger charge is -2.09. The summed E-state index contributed by atoms with van der Waals surface area (Å²) in [6, 6.07) is 4.71. The van der Waals surface area contributed by atoms with Crippen molar-refractivity contribution < 1.29 is 24.1 Å². The normalized spacial score (nSPS) is 12.6. The van der Waals surface area contributed by atoms with Crippen LogP contribution in [0.3, 0.4) is 0 Å². The van der Waals surface area contributed by atoms with Gasteiger partial charge in [-0.3, -0.25) is 0 Å². The van der Waals surface area contributed by atoms with Crippen molar-refractivity contribution in [1.29, 1.82) is 0 Å². The summed E-state index contributed by atoms with van der Waals surface area (Å²) in [7, 11) is 0. The molecule has 0 bridgehead atoms. The number of hydrogen-bond acceptors (Lipinski definition) is 6. The van der Waals surface area contributed by atoms with E-state index in [9.17, 15) is 14.6 Å². The zero-order valence-corrected chi connectivity index (χ0v) is 15.3. The Morgan fingerprint density at radius 2 is 2.14 bits per heavy atom. The van der Waals surface area contributed by atoms with E-state index < -0.39 is 11.9 Å². The van der Waals surface area contributed by atoms with E-state index >= 15 is 0 Å². The fraction of sp³-hybridized carbons (Fsp3) is 0.263. The molecule has 28 heavy (non-hydrogen) atoms. The number of aliphatic hydroxyl groups is 2. The first-order valence-electron chi connectivity index (χ1n) is 8.70. The van der Waals surface area contributed by atoms with Gasteiger partial charge >= 0.3 is 0 Å². The molecule has 4 rings (SSSR count). The summed E-state index contributed by atoms with van der Waals surface area (Å²) in [5, 5.41) is 23.1. The van der Waals surface area contributed by atoms with Gasteiger partial charge in [0, 0.05) is 22.2 Å². The number of benzene rings is 1. The predicted octanol–water partition coefficient (Wildman–Crippen LogP) is 2.70. The van der Waals surface area contributed by atoms with Gasteiger partial charge in [-0.1, -0.05) is 0 Å². The van der Waals surface area contributed by atoms with Gasteiger partial charge in [0.25, 0.3) is 0 Å². The molecule has 0 fully saturated rings. The van der Waals surface area contributed by atoms with Gasteiger partial charge in [-0.05, 0) is 32.0 Å². The molecule has 0 saturated carbocycles. The van der Waals surface area contributed by atoms with Gasteiger partial charge in [-0.2, -0.15) is 10.1 Å².